The molecule has 0 saturated heterocycles. The maximum Gasteiger partial charge on any atom is 3.00 e. The zero-order valence-electron chi connectivity index (χ0n) is 1.93. The maximum absolute atomic E-state index is 0. The van der Waals surface area contributed by atoms with Gasteiger partial charge in [-0.1, -0.05) is 0 Å². The fraction of sp³-hybridized carbons (Fsp3) is 0. The second-order valence-corrected chi connectivity index (χ2v) is 0. The average Bonchev–Trinajstić information content (AvgIpc) is 0. The molecule has 0 aliphatic carbocycles. The van der Waals surface area contributed by atoms with Crippen LogP contribution in [0, 0.1) is 40.4 Å². The molecule has 0 rings (SSSR count). The summed E-state index contributed by atoms with van der Waals surface area (Å²) in [5.74, 6) is 0. The van der Waals surface area contributed by atoms with E-state index in [0.717, 1.165) is 0 Å². The molecule has 0 aromatic heterocycles. The molecule has 0 amide bonds. The Balaban J connectivity index is 0. The summed E-state index contributed by atoms with van der Waals surface area (Å²) in [7, 11) is 0. The van der Waals surface area contributed by atoms with E-state index in [1.54, 1.807) is 0 Å². The van der Waals surface area contributed by atoms with E-state index in [1.807, 2.05) is 0 Å². The zero-order valence-corrected chi connectivity index (χ0v) is 6.72. The summed E-state index contributed by atoms with van der Waals surface area (Å²) >= 11 is 0. The van der Waals surface area contributed by atoms with Crippen LogP contribution < -0.4 is 0 Å². The van der Waals surface area contributed by atoms with Crippen LogP contribution in [0.5, 0.6) is 0 Å². The first kappa shape index (κ1) is 64.4. The summed E-state index contributed by atoms with van der Waals surface area (Å²) in [6.45, 7) is 0. The van der Waals surface area contributed by atoms with Gasteiger partial charge in [-0.3, -0.25) is 0 Å². The van der Waals surface area contributed by atoms with Crippen molar-refractivity contribution in [2.45, 2.75) is 0 Å². The normalized spacial score (nSPS) is 0. The molecule has 0 heterocycles. The Morgan fingerprint density at radius 1 is 0.600 bits per heavy atom. The molecule has 5 heavy (non-hydrogen) atoms. The number of hydrogen-bond donors (Lipinski definition) is 0. The second kappa shape index (κ2) is 38.2. The first-order valence-electron chi connectivity index (χ1n) is 0. The van der Waals surface area contributed by atoms with Gasteiger partial charge in [0.25, 0.3) is 0 Å². The summed E-state index contributed by atoms with van der Waals surface area (Å²) in [4.78, 5) is 0. The molecule has 0 atom stereocenters. The van der Waals surface area contributed by atoms with E-state index in [4.69, 9.17) is 0 Å². The molecule has 0 aromatic carbocycles. The van der Waals surface area contributed by atoms with Gasteiger partial charge < -0.3 is 16.4 Å². The van der Waals surface area contributed by atoms with E-state index in [-0.39, 0.29) is 79.2 Å². The van der Waals surface area contributed by atoms with Gasteiger partial charge >= 0.3 is 62.8 Å². The first-order valence-corrected chi connectivity index (χ1v) is 0. The third-order valence-corrected chi connectivity index (χ3v) is 0. The Morgan fingerprint density at radius 2 is 0.600 bits per heavy atom. The third kappa shape index (κ3) is 24.3. The molecule has 0 N–H and O–H groups in total. The minimum absolute atomic E-state index is 0. The van der Waals surface area contributed by atoms with E-state index in [9.17, 15) is 0 Å². The van der Waals surface area contributed by atoms with Crippen molar-refractivity contribution < 1.29 is 79.2 Å². The van der Waals surface area contributed by atoms with Gasteiger partial charge in [0.1, 0.15) is 0 Å². The van der Waals surface area contributed by atoms with Gasteiger partial charge in [-0.25, -0.2) is 0 Å². The van der Waals surface area contributed by atoms with Crippen molar-refractivity contribution in [3.8, 4) is 0 Å². The van der Waals surface area contributed by atoms with E-state index in [0.29, 0.717) is 0 Å². The predicted molar refractivity (Wildman–Crippen MR) is 2.06 cm³/mol. The Kier molecular flexibility index (Phi) is 492. The molecular formula is AuO3Sm. The molecule has 35 valence electrons. The van der Waals surface area contributed by atoms with Gasteiger partial charge in [0.05, 0.1) is 0 Å². The molecular weight excluding hydrogens is 395 g/mol. The van der Waals surface area contributed by atoms with Crippen molar-refractivity contribution in [2.24, 2.45) is 0 Å². The Bertz CT molecular complexity index is 6.85. The van der Waals surface area contributed by atoms with Crippen LogP contribution in [-0.2, 0) is 38.8 Å². The predicted octanol–water partition coefficient (Wildman–Crippen LogP) is -0.359. The Labute approximate surface area is 78.1 Å². The fourth-order valence-corrected chi connectivity index (χ4v) is 0. The molecule has 0 aliphatic rings. The van der Waals surface area contributed by atoms with Crippen LogP contribution in [0.15, 0.2) is 0 Å². The van der Waals surface area contributed by atoms with Gasteiger partial charge in [-0.15, -0.1) is 0 Å². The van der Waals surface area contributed by atoms with Crippen molar-refractivity contribution in [1.82, 2.24) is 0 Å². The monoisotopic (exact) mass is 397 g/mol. The fourth-order valence-electron chi connectivity index (χ4n) is 0. The molecule has 0 unspecified atom stereocenters. The molecule has 0 saturated carbocycles. The van der Waals surface area contributed by atoms with Crippen LogP contribution in [0.1, 0.15) is 0 Å². The third-order valence-electron chi connectivity index (χ3n) is 0. The summed E-state index contributed by atoms with van der Waals surface area (Å²) < 4.78 is 0. The first-order chi connectivity index (χ1) is 0. The summed E-state index contributed by atoms with van der Waals surface area (Å²) in [5, 5.41) is 0. The van der Waals surface area contributed by atoms with Crippen LogP contribution in [0.2, 0.25) is 0 Å². The molecule has 0 fully saturated rings. The van der Waals surface area contributed by atoms with Crippen molar-refractivity contribution >= 4 is 0 Å². The zero-order chi connectivity index (χ0) is 0. The van der Waals surface area contributed by atoms with Crippen molar-refractivity contribution in [3.63, 3.8) is 0 Å². The van der Waals surface area contributed by atoms with Crippen molar-refractivity contribution in [3.05, 3.63) is 0 Å². The van der Waals surface area contributed by atoms with Crippen molar-refractivity contribution in [1.29, 1.82) is 0 Å². The topological polar surface area (TPSA) is 85.5 Å². The van der Waals surface area contributed by atoms with E-state index >= 15 is 0 Å². The standard InChI is InChI=1S/Au.3O.Sm/q+3;3*-2;+3. The average molecular weight is 395 g/mol. The van der Waals surface area contributed by atoms with E-state index < -0.39 is 0 Å². The quantitative estimate of drug-likeness (QED) is 0.502. The smallest absolute Gasteiger partial charge is 2.00 e. The summed E-state index contributed by atoms with van der Waals surface area (Å²) in [6.07, 6.45) is 0. The molecule has 5 heteroatoms. The largest absolute Gasteiger partial charge is 3.00 e. The molecule has 0 aromatic rings. The van der Waals surface area contributed by atoms with Crippen LogP contribution in [0.25, 0.3) is 0 Å². The molecule has 3 nitrogen and oxygen atoms in total. The van der Waals surface area contributed by atoms with Crippen LogP contribution in [-0.4, -0.2) is 0 Å². The number of hydrogen-bond acceptors (Lipinski definition) is 0. The molecule has 0 aliphatic heterocycles. The van der Waals surface area contributed by atoms with Crippen LogP contribution >= 0.6 is 0 Å². The SMILES string of the molecule is [Au+3].[O-2].[O-2].[O-2].[Sm+3]. The second-order valence-electron chi connectivity index (χ2n) is 0. The van der Waals surface area contributed by atoms with Crippen molar-refractivity contribution in [2.75, 3.05) is 0 Å². The van der Waals surface area contributed by atoms with Gasteiger partial charge in [0.2, 0.25) is 0 Å². The number of rotatable bonds is 0. The van der Waals surface area contributed by atoms with E-state index in [2.05, 4.69) is 0 Å². The van der Waals surface area contributed by atoms with E-state index in [1.165, 1.54) is 0 Å². The minimum atomic E-state index is 0. The van der Waals surface area contributed by atoms with Gasteiger partial charge in [-0.2, -0.15) is 0 Å². The van der Waals surface area contributed by atoms with Crippen LogP contribution in [0.3, 0.4) is 0 Å². The summed E-state index contributed by atoms with van der Waals surface area (Å²) in [6, 6.07) is 0. The minimum Gasteiger partial charge on any atom is -2.00 e. The molecule has 0 bridgehead atoms. The van der Waals surface area contributed by atoms with Gasteiger partial charge in [0, 0.05) is 0 Å². The van der Waals surface area contributed by atoms with Gasteiger partial charge in [0.15, 0.2) is 0 Å². The molecule has 1 radical (unpaired) electrons. The Morgan fingerprint density at radius 3 is 0.600 bits per heavy atom. The van der Waals surface area contributed by atoms with Gasteiger partial charge in [-0.05, 0) is 0 Å². The molecule has 0 spiro atoms. The Hall–Kier alpha value is 1.96. The summed E-state index contributed by atoms with van der Waals surface area (Å²) in [5.41, 5.74) is 0. The maximum atomic E-state index is 0. The van der Waals surface area contributed by atoms with Crippen LogP contribution in [0.4, 0.5) is 0 Å².